The Balaban J connectivity index is 1.30. The third-order valence-electron chi connectivity index (χ3n) is 5.11. The second-order valence-corrected chi connectivity index (χ2v) is 7.91. The highest BCUT2D eigenvalue weighted by molar-refractivity contribution is 7.13. The van der Waals surface area contributed by atoms with E-state index in [2.05, 4.69) is 51.7 Å². The third-order valence-corrected chi connectivity index (χ3v) is 5.91. The maximum absolute atomic E-state index is 5.20. The SMILES string of the molecule is COc1ccc(Nc2nc(CN3CCN(c4ccccc4C)CC3)cs2)cc1. The molecule has 0 saturated carbocycles. The normalized spacial score (nSPS) is 14.9. The predicted molar refractivity (Wildman–Crippen MR) is 117 cm³/mol. The summed E-state index contributed by atoms with van der Waals surface area (Å²) in [5, 5.41) is 6.45. The molecule has 0 radical (unpaired) electrons. The lowest BCUT2D eigenvalue weighted by Gasteiger charge is -2.36. The summed E-state index contributed by atoms with van der Waals surface area (Å²) in [6, 6.07) is 16.6. The minimum absolute atomic E-state index is 0.857. The average molecular weight is 395 g/mol. The Morgan fingerprint density at radius 1 is 1.04 bits per heavy atom. The molecular formula is C22H26N4OS. The van der Waals surface area contributed by atoms with E-state index in [4.69, 9.17) is 9.72 Å². The molecule has 0 atom stereocenters. The van der Waals surface area contributed by atoms with E-state index in [1.807, 2.05) is 24.3 Å². The Morgan fingerprint density at radius 3 is 2.50 bits per heavy atom. The number of methoxy groups -OCH3 is 1. The molecule has 1 aliphatic heterocycles. The van der Waals surface area contributed by atoms with Crippen molar-refractivity contribution in [3.8, 4) is 5.75 Å². The molecule has 28 heavy (non-hydrogen) atoms. The molecule has 2 aromatic carbocycles. The van der Waals surface area contributed by atoms with Crippen molar-refractivity contribution >= 4 is 27.8 Å². The van der Waals surface area contributed by atoms with Gasteiger partial charge in [-0.3, -0.25) is 4.90 Å². The van der Waals surface area contributed by atoms with Crippen molar-refractivity contribution < 1.29 is 4.74 Å². The molecule has 0 aliphatic carbocycles. The van der Waals surface area contributed by atoms with Gasteiger partial charge < -0.3 is 15.0 Å². The Bertz CT molecular complexity index is 901. The van der Waals surface area contributed by atoms with Gasteiger partial charge in [-0.2, -0.15) is 0 Å². The molecule has 1 aromatic heterocycles. The summed E-state index contributed by atoms with van der Waals surface area (Å²) in [4.78, 5) is 9.73. The van der Waals surface area contributed by atoms with Crippen LogP contribution in [-0.2, 0) is 6.54 Å². The van der Waals surface area contributed by atoms with Crippen LogP contribution in [0.1, 0.15) is 11.3 Å². The van der Waals surface area contributed by atoms with E-state index in [9.17, 15) is 0 Å². The molecule has 4 rings (SSSR count). The number of para-hydroxylation sites is 1. The van der Waals surface area contributed by atoms with Crippen LogP contribution in [0, 0.1) is 6.92 Å². The fraction of sp³-hybridized carbons (Fsp3) is 0.318. The largest absolute Gasteiger partial charge is 0.497 e. The summed E-state index contributed by atoms with van der Waals surface area (Å²) < 4.78 is 5.20. The first-order valence-corrected chi connectivity index (χ1v) is 10.5. The van der Waals surface area contributed by atoms with E-state index in [0.717, 1.165) is 55.0 Å². The van der Waals surface area contributed by atoms with Gasteiger partial charge in [-0.15, -0.1) is 11.3 Å². The van der Waals surface area contributed by atoms with E-state index in [-0.39, 0.29) is 0 Å². The minimum atomic E-state index is 0.857. The van der Waals surface area contributed by atoms with Gasteiger partial charge in [-0.25, -0.2) is 4.98 Å². The van der Waals surface area contributed by atoms with Gasteiger partial charge in [0, 0.05) is 49.5 Å². The van der Waals surface area contributed by atoms with Crippen molar-refractivity contribution in [3.63, 3.8) is 0 Å². The van der Waals surface area contributed by atoms with Crippen LogP contribution in [0.4, 0.5) is 16.5 Å². The number of nitrogens with one attached hydrogen (secondary N) is 1. The first kappa shape index (κ1) is 18.8. The van der Waals surface area contributed by atoms with E-state index in [1.54, 1.807) is 18.4 Å². The zero-order chi connectivity index (χ0) is 19.3. The third kappa shape index (κ3) is 4.46. The van der Waals surface area contributed by atoms with Gasteiger partial charge in [-0.05, 0) is 42.8 Å². The molecule has 0 spiro atoms. The van der Waals surface area contributed by atoms with Crippen LogP contribution in [0.3, 0.4) is 0 Å². The molecule has 1 fully saturated rings. The number of aryl methyl sites for hydroxylation is 1. The summed E-state index contributed by atoms with van der Waals surface area (Å²) in [5.41, 5.74) is 4.87. The van der Waals surface area contributed by atoms with E-state index < -0.39 is 0 Å². The molecule has 2 heterocycles. The molecule has 146 valence electrons. The van der Waals surface area contributed by atoms with Crippen molar-refractivity contribution in [2.75, 3.05) is 43.5 Å². The van der Waals surface area contributed by atoms with Crippen molar-refractivity contribution in [3.05, 3.63) is 65.2 Å². The first-order valence-electron chi connectivity index (χ1n) is 9.60. The second-order valence-electron chi connectivity index (χ2n) is 7.05. The van der Waals surface area contributed by atoms with Crippen LogP contribution < -0.4 is 15.0 Å². The van der Waals surface area contributed by atoms with Gasteiger partial charge in [0.15, 0.2) is 5.13 Å². The summed E-state index contributed by atoms with van der Waals surface area (Å²) in [5.74, 6) is 0.857. The lowest BCUT2D eigenvalue weighted by Crippen LogP contribution is -2.46. The van der Waals surface area contributed by atoms with Gasteiger partial charge >= 0.3 is 0 Å². The zero-order valence-corrected chi connectivity index (χ0v) is 17.2. The molecule has 3 aromatic rings. The first-order chi connectivity index (χ1) is 13.7. The Morgan fingerprint density at radius 2 is 1.79 bits per heavy atom. The summed E-state index contributed by atoms with van der Waals surface area (Å²) >= 11 is 1.65. The smallest absolute Gasteiger partial charge is 0.187 e. The molecule has 1 N–H and O–H groups in total. The van der Waals surface area contributed by atoms with Crippen molar-refractivity contribution in [1.82, 2.24) is 9.88 Å². The number of nitrogens with zero attached hydrogens (tertiary/aromatic N) is 3. The summed E-state index contributed by atoms with van der Waals surface area (Å²) in [6.07, 6.45) is 0. The molecule has 1 saturated heterocycles. The minimum Gasteiger partial charge on any atom is -0.497 e. The van der Waals surface area contributed by atoms with E-state index >= 15 is 0 Å². The number of benzene rings is 2. The summed E-state index contributed by atoms with van der Waals surface area (Å²) in [6.45, 7) is 7.34. The number of aromatic nitrogens is 1. The van der Waals surface area contributed by atoms with Crippen LogP contribution in [0.25, 0.3) is 0 Å². The van der Waals surface area contributed by atoms with Gasteiger partial charge in [-0.1, -0.05) is 18.2 Å². The maximum atomic E-state index is 5.20. The van der Waals surface area contributed by atoms with Crippen LogP contribution in [-0.4, -0.2) is 43.2 Å². The number of rotatable bonds is 6. The zero-order valence-electron chi connectivity index (χ0n) is 16.4. The molecule has 6 heteroatoms. The number of hydrogen-bond donors (Lipinski definition) is 1. The van der Waals surface area contributed by atoms with E-state index in [0.29, 0.717) is 0 Å². The van der Waals surface area contributed by atoms with Crippen molar-refractivity contribution in [2.45, 2.75) is 13.5 Å². The highest BCUT2D eigenvalue weighted by Gasteiger charge is 2.19. The fourth-order valence-electron chi connectivity index (χ4n) is 3.53. The van der Waals surface area contributed by atoms with Crippen LogP contribution in [0.5, 0.6) is 5.75 Å². The van der Waals surface area contributed by atoms with Gasteiger partial charge in [0.25, 0.3) is 0 Å². The number of hydrogen-bond acceptors (Lipinski definition) is 6. The lowest BCUT2D eigenvalue weighted by molar-refractivity contribution is 0.247. The quantitative estimate of drug-likeness (QED) is 0.665. The van der Waals surface area contributed by atoms with Gasteiger partial charge in [0.1, 0.15) is 5.75 Å². The average Bonchev–Trinajstić information content (AvgIpc) is 3.16. The molecular weight excluding hydrogens is 368 g/mol. The monoisotopic (exact) mass is 394 g/mol. The van der Waals surface area contributed by atoms with Crippen molar-refractivity contribution in [1.29, 1.82) is 0 Å². The van der Waals surface area contributed by atoms with Crippen LogP contribution >= 0.6 is 11.3 Å². The highest BCUT2D eigenvalue weighted by atomic mass is 32.1. The maximum Gasteiger partial charge on any atom is 0.187 e. The fourth-order valence-corrected chi connectivity index (χ4v) is 4.25. The standard InChI is InChI=1S/C22H26N4OS/c1-17-5-3-4-6-21(17)26-13-11-25(12-14-26)15-19-16-28-22(24-19)23-18-7-9-20(27-2)10-8-18/h3-10,16H,11-15H2,1-2H3,(H,23,24). The predicted octanol–water partition coefficient (Wildman–Crippen LogP) is 4.53. The second kappa shape index (κ2) is 8.63. The van der Waals surface area contributed by atoms with Gasteiger partial charge in [0.05, 0.1) is 12.8 Å². The number of ether oxygens (including phenoxy) is 1. The Hall–Kier alpha value is -2.57. The van der Waals surface area contributed by atoms with Crippen molar-refractivity contribution in [2.24, 2.45) is 0 Å². The molecule has 5 nitrogen and oxygen atoms in total. The van der Waals surface area contributed by atoms with Crippen LogP contribution in [0.15, 0.2) is 53.9 Å². The Kier molecular flexibility index (Phi) is 5.78. The molecule has 0 unspecified atom stereocenters. The molecule has 0 bridgehead atoms. The van der Waals surface area contributed by atoms with Gasteiger partial charge in [0.2, 0.25) is 0 Å². The van der Waals surface area contributed by atoms with Crippen LogP contribution in [0.2, 0.25) is 0 Å². The summed E-state index contributed by atoms with van der Waals surface area (Å²) in [7, 11) is 1.68. The molecule has 1 aliphatic rings. The Labute approximate surface area is 170 Å². The number of piperazine rings is 1. The topological polar surface area (TPSA) is 40.6 Å². The number of thiazole rings is 1. The lowest BCUT2D eigenvalue weighted by atomic mass is 10.1. The molecule has 0 amide bonds. The highest BCUT2D eigenvalue weighted by Crippen LogP contribution is 2.25. The number of anilines is 3. The van der Waals surface area contributed by atoms with E-state index in [1.165, 1.54) is 11.3 Å².